The quantitative estimate of drug-likeness (QED) is 0.772. The number of hydrogen-bond donors (Lipinski definition) is 2. The molecule has 1 fully saturated rings. The minimum atomic E-state index is 0.0249. The molecule has 0 heterocycles. The molecule has 4 nitrogen and oxygen atoms in total. The summed E-state index contributed by atoms with van der Waals surface area (Å²) < 4.78 is 0. The Hall–Kier alpha value is -0.610. The fourth-order valence-electron chi connectivity index (χ4n) is 2.69. The highest BCUT2D eigenvalue weighted by atomic mass is 16.3. The van der Waals surface area contributed by atoms with Gasteiger partial charge in [0, 0.05) is 24.5 Å². The van der Waals surface area contributed by atoms with E-state index in [4.69, 9.17) is 10.8 Å². The number of amides is 1. The van der Waals surface area contributed by atoms with Gasteiger partial charge in [-0.1, -0.05) is 13.3 Å². The summed E-state index contributed by atoms with van der Waals surface area (Å²) in [7, 11) is 0. The van der Waals surface area contributed by atoms with Crippen molar-refractivity contribution in [3.63, 3.8) is 0 Å². The first-order chi connectivity index (χ1) is 7.99. The van der Waals surface area contributed by atoms with Gasteiger partial charge in [0.2, 0.25) is 5.91 Å². The number of nitrogens with zero attached hydrogens (tertiary/aromatic N) is 1. The average molecular weight is 242 g/mol. The molecule has 4 heteroatoms. The van der Waals surface area contributed by atoms with Crippen molar-refractivity contribution in [3.05, 3.63) is 0 Å². The second kappa shape index (κ2) is 6.36. The van der Waals surface area contributed by atoms with Crippen LogP contribution in [0, 0.1) is 11.8 Å². The molecule has 17 heavy (non-hydrogen) atoms. The van der Waals surface area contributed by atoms with Crippen molar-refractivity contribution >= 4 is 5.91 Å². The van der Waals surface area contributed by atoms with E-state index < -0.39 is 0 Å². The molecule has 3 N–H and O–H groups in total. The third-order valence-electron chi connectivity index (χ3n) is 3.93. The first kappa shape index (κ1) is 14.5. The number of nitrogens with two attached hydrogens (primary N) is 1. The van der Waals surface area contributed by atoms with Crippen molar-refractivity contribution in [2.45, 2.75) is 52.1 Å². The Labute approximate surface area is 104 Å². The molecule has 0 aromatic heterocycles. The van der Waals surface area contributed by atoms with Crippen LogP contribution in [0.15, 0.2) is 0 Å². The van der Waals surface area contributed by atoms with E-state index in [9.17, 15) is 4.79 Å². The number of aliphatic hydroxyl groups is 1. The Morgan fingerprint density at radius 1 is 1.47 bits per heavy atom. The van der Waals surface area contributed by atoms with Crippen molar-refractivity contribution in [1.82, 2.24) is 4.90 Å². The lowest BCUT2D eigenvalue weighted by atomic mass is 9.76. The Morgan fingerprint density at radius 3 is 2.65 bits per heavy atom. The normalized spacial score (nSPS) is 29.4. The van der Waals surface area contributed by atoms with Crippen LogP contribution in [0.4, 0.5) is 0 Å². The summed E-state index contributed by atoms with van der Waals surface area (Å²) in [5, 5.41) is 9.03. The van der Waals surface area contributed by atoms with E-state index in [1.54, 1.807) is 4.90 Å². The number of carbonyl (C=O) groups is 1. The van der Waals surface area contributed by atoms with Gasteiger partial charge in [0.05, 0.1) is 6.61 Å². The van der Waals surface area contributed by atoms with Gasteiger partial charge in [-0.3, -0.25) is 4.79 Å². The summed E-state index contributed by atoms with van der Waals surface area (Å²) in [6.45, 7) is 6.50. The molecule has 1 amide bonds. The summed E-state index contributed by atoms with van der Waals surface area (Å²) >= 11 is 0. The second-order valence-corrected chi connectivity index (χ2v) is 5.41. The van der Waals surface area contributed by atoms with Gasteiger partial charge in [0.25, 0.3) is 0 Å². The lowest BCUT2D eigenvalue weighted by Gasteiger charge is -2.37. The first-order valence-corrected chi connectivity index (χ1v) is 6.66. The van der Waals surface area contributed by atoms with E-state index in [0.29, 0.717) is 6.54 Å². The molecule has 0 radical (unpaired) electrons. The molecule has 1 saturated carbocycles. The molecule has 0 aromatic rings. The van der Waals surface area contributed by atoms with Crippen LogP contribution in [0.2, 0.25) is 0 Å². The van der Waals surface area contributed by atoms with Gasteiger partial charge in [-0.05, 0) is 32.6 Å². The zero-order valence-electron chi connectivity index (χ0n) is 11.2. The summed E-state index contributed by atoms with van der Waals surface area (Å²) in [4.78, 5) is 14.2. The second-order valence-electron chi connectivity index (χ2n) is 5.41. The fraction of sp³-hybridized carbons (Fsp3) is 0.923. The minimum Gasteiger partial charge on any atom is -0.395 e. The molecule has 0 aliphatic heterocycles. The van der Waals surface area contributed by atoms with Crippen molar-refractivity contribution in [2.75, 3.05) is 13.2 Å². The molecule has 0 spiro atoms. The molecule has 3 unspecified atom stereocenters. The van der Waals surface area contributed by atoms with Gasteiger partial charge in [0.15, 0.2) is 0 Å². The van der Waals surface area contributed by atoms with Crippen molar-refractivity contribution in [3.8, 4) is 0 Å². The zero-order chi connectivity index (χ0) is 13.0. The monoisotopic (exact) mass is 242 g/mol. The fourth-order valence-corrected chi connectivity index (χ4v) is 2.69. The highest BCUT2D eigenvalue weighted by molar-refractivity contribution is 5.79. The molecule has 1 rings (SSSR count). The van der Waals surface area contributed by atoms with Gasteiger partial charge >= 0.3 is 0 Å². The van der Waals surface area contributed by atoms with E-state index in [-0.39, 0.29) is 36.4 Å². The smallest absolute Gasteiger partial charge is 0.226 e. The molecule has 0 bridgehead atoms. The molecule has 0 saturated heterocycles. The van der Waals surface area contributed by atoms with Crippen LogP contribution in [0.25, 0.3) is 0 Å². The summed E-state index contributed by atoms with van der Waals surface area (Å²) in [5.41, 5.74) is 6.04. The van der Waals surface area contributed by atoms with Gasteiger partial charge in [0.1, 0.15) is 0 Å². The average Bonchev–Trinajstić information content (AvgIpc) is 2.28. The zero-order valence-corrected chi connectivity index (χ0v) is 11.2. The third-order valence-corrected chi connectivity index (χ3v) is 3.93. The van der Waals surface area contributed by atoms with E-state index in [2.05, 4.69) is 6.92 Å². The van der Waals surface area contributed by atoms with Crippen LogP contribution in [-0.2, 0) is 4.79 Å². The maximum absolute atomic E-state index is 12.4. The molecule has 100 valence electrons. The first-order valence-electron chi connectivity index (χ1n) is 6.66. The van der Waals surface area contributed by atoms with Crippen molar-refractivity contribution < 1.29 is 9.90 Å². The van der Waals surface area contributed by atoms with Gasteiger partial charge in [-0.25, -0.2) is 0 Å². The maximum Gasteiger partial charge on any atom is 0.226 e. The standard InChI is InChI=1S/C13H26N2O2/c1-9(2)15(7-8-16)13(17)11-5-4-6-12(14)10(11)3/h9-12,16H,4-8,14H2,1-3H3. The Kier molecular flexibility index (Phi) is 5.40. The lowest BCUT2D eigenvalue weighted by Crippen LogP contribution is -2.48. The summed E-state index contributed by atoms with van der Waals surface area (Å²) in [6.07, 6.45) is 2.99. The molecular weight excluding hydrogens is 216 g/mol. The number of carbonyl (C=O) groups excluding carboxylic acids is 1. The molecule has 3 atom stereocenters. The predicted molar refractivity (Wildman–Crippen MR) is 68.4 cm³/mol. The van der Waals surface area contributed by atoms with E-state index in [1.807, 2.05) is 13.8 Å². The molecular formula is C13H26N2O2. The SMILES string of the molecule is CC1C(N)CCCC1C(=O)N(CCO)C(C)C. The number of rotatable bonds is 4. The molecule has 0 aromatic carbocycles. The van der Waals surface area contributed by atoms with Gasteiger partial charge < -0.3 is 15.7 Å². The molecule has 1 aliphatic carbocycles. The van der Waals surface area contributed by atoms with Crippen LogP contribution in [0.5, 0.6) is 0 Å². The van der Waals surface area contributed by atoms with Crippen molar-refractivity contribution in [1.29, 1.82) is 0 Å². The summed E-state index contributed by atoms with van der Waals surface area (Å²) in [6, 6.07) is 0.279. The highest BCUT2D eigenvalue weighted by Crippen LogP contribution is 2.30. The number of hydrogen-bond acceptors (Lipinski definition) is 3. The number of aliphatic hydroxyl groups excluding tert-OH is 1. The van der Waals surface area contributed by atoms with Crippen LogP contribution < -0.4 is 5.73 Å². The predicted octanol–water partition coefficient (Wildman–Crippen LogP) is 0.979. The molecule has 1 aliphatic rings. The lowest BCUT2D eigenvalue weighted by molar-refractivity contribution is -0.141. The Morgan fingerprint density at radius 2 is 2.12 bits per heavy atom. The topological polar surface area (TPSA) is 66.6 Å². The van der Waals surface area contributed by atoms with Gasteiger partial charge in [-0.2, -0.15) is 0 Å². The van der Waals surface area contributed by atoms with Crippen LogP contribution in [-0.4, -0.2) is 41.1 Å². The van der Waals surface area contributed by atoms with E-state index in [1.165, 1.54) is 0 Å². The minimum absolute atomic E-state index is 0.0249. The van der Waals surface area contributed by atoms with Crippen LogP contribution in [0.3, 0.4) is 0 Å². The van der Waals surface area contributed by atoms with E-state index in [0.717, 1.165) is 19.3 Å². The Bertz CT molecular complexity index is 256. The van der Waals surface area contributed by atoms with Crippen LogP contribution >= 0.6 is 0 Å². The highest BCUT2D eigenvalue weighted by Gasteiger charge is 2.35. The third kappa shape index (κ3) is 3.42. The largest absolute Gasteiger partial charge is 0.395 e. The van der Waals surface area contributed by atoms with Crippen LogP contribution in [0.1, 0.15) is 40.0 Å². The van der Waals surface area contributed by atoms with Crippen molar-refractivity contribution in [2.24, 2.45) is 17.6 Å². The maximum atomic E-state index is 12.4. The Balaban J connectivity index is 2.72. The van der Waals surface area contributed by atoms with Gasteiger partial charge in [-0.15, -0.1) is 0 Å². The summed E-state index contributed by atoms with van der Waals surface area (Å²) in [5.74, 6) is 0.445. The van der Waals surface area contributed by atoms with E-state index >= 15 is 0 Å².